The molecule has 82 valence electrons. The lowest BCUT2D eigenvalue weighted by Crippen LogP contribution is -2.26. The number of nitrogens with zero attached hydrogens (tertiary/aromatic N) is 1. The van der Waals surface area contributed by atoms with Crippen LogP contribution in [-0.2, 0) is 0 Å². The topological polar surface area (TPSA) is 57.8 Å². The molecule has 0 atom stereocenters. The molecule has 0 spiro atoms. The molecule has 15 heavy (non-hydrogen) atoms. The maximum atomic E-state index is 11.7. The summed E-state index contributed by atoms with van der Waals surface area (Å²) in [5, 5.41) is 9.84. The molecule has 4 nitrogen and oxygen atoms in total. The monoisotopic (exact) mass is 271 g/mol. The summed E-state index contributed by atoms with van der Waals surface area (Å²) in [5.74, 6) is 0.238. The molecule has 1 aromatic heterocycles. The zero-order valence-electron chi connectivity index (χ0n) is 8.80. The summed E-state index contributed by atoms with van der Waals surface area (Å²) < 4.78 is 0.788. The van der Waals surface area contributed by atoms with Gasteiger partial charge in [0.25, 0.3) is 5.91 Å². The number of halogens is 1. The molecule has 5 heteroatoms. The molecule has 1 aliphatic rings. The Bertz CT molecular complexity index is 382. The van der Waals surface area contributed by atoms with Gasteiger partial charge in [-0.2, -0.15) is 5.10 Å². The Labute approximate surface area is 97.0 Å². The van der Waals surface area contributed by atoms with Crippen molar-refractivity contribution >= 4 is 21.8 Å². The summed E-state index contributed by atoms with van der Waals surface area (Å²) >= 11 is 3.41. The minimum Gasteiger partial charge on any atom is -0.348 e. The first-order chi connectivity index (χ1) is 7.09. The normalized spacial score (nSPS) is 15.7. The molecule has 0 unspecified atom stereocenters. The van der Waals surface area contributed by atoms with E-state index in [2.05, 4.69) is 45.3 Å². The largest absolute Gasteiger partial charge is 0.348 e. The van der Waals surface area contributed by atoms with E-state index in [0.717, 1.165) is 23.0 Å². The van der Waals surface area contributed by atoms with E-state index in [1.165, 1.54) is 0 Å². The highest BCUT2D eigenvalue weighted by Gasteiger charge is 2.26. The van der Waals surface area contributed by atoms with Crippen molar-refractivity contribution in [3.63, 3.8) is 0 Å². The predicted octanol–water partition coefficient (Wildman–Crippen LogP) is 2.19. The highest BCUT2D eigenvalue weighted by Crippen LogP contribution is 2.26. The number of H-pyrrole nitrogens is 1. The lowest BCUT2D eigenvalue weighted by atomic mass is 10.1. The summed E-state index contributed by atoms with van der Waals surface area (Å²) in [6.45, 7) is 4.11. The summed E-state index contributed by atoms with van der Waals surface area (Å²) in [4.78, 5) is 11.7. The number of nitrogens with one attached hydrogen (secondary N) is 2. The number of hydrogen-bond acceptors (Lipinski definition) is 2. The molecule has 0 saturated heterocycles. The minimum absolute atomic E-state index is 0.0903. The fourth-order valence-electron chi connectivity index (χ4n) is 1.36. The molecule has 1 heterocycles. The molecule has 1 saturated carbocycles. The van der Waals surface area contributed by atoms with Gasteiger partial charge in [0.1, 0.15) is 0 Å². The van der Waals surface area contributed by atoms with E-state index in [1.54, 1.807) is 0 Å². The highest BCUT2D eigenvalue weighted by atomic mass is 79.9. The first-order valence-corrected chi connectivity index (χ1v) is 5.93. The number of hydrogen-bond donors (Lipinski definition) is 2. The van der Waals surface area contributed by atoms with Crippen LogP contribution in [0.1, 0.15) is 48.8 Å². The molecule has 0 bridgehead atoms. The summed E-state index contributed by atoms with van der Waals surface area (Å²) in [7, 11) is 0. The molecular weight excluding hydrogens is 258 g/mol. The number of aromatic amines is 1. The molecule has 0 aromatic carbocycles. The van der Waals surface area contributed by atoms with Crippen molar-refractivity contribution in [1.82, 2.24) is 15.5 Å². The van der Waals surface area contributed by atoms with Gasteiger partial charge in [-0.05, 0) is 34.7 Å². The molecule has 1 aromatic rings. The van der Waals surface area contributed by atoms with Gasteiger partial charge in [0.05, 0.1) is 10.2 Å². The van der Waals surface area contributed by atoms with Crippen LogP contribution >= 0.6 is 15.9 Å². The molecule has 0 aliphatic heterocycles. The fraction of sp³-hybridized carbons (Fsp3) is 0.600. The van der Waals surface area contributed by atoms with Gasteiger partial charge in [-0.3, -0.25) is 9.89 Å². The van der Waals surface area contributed by atoms with Gasteiger partial charge in [-0.25, -0.2) is 0 Å². The third-order valence-corrected chi connectivity index (χ3v) is 3.24. The van der Waals surface area contributed by atoms with Crippen LogP contribution in [0, 0.1) is 0 Å². The zero-order chi connectivity index (χ0) is 11.0. The highest BCUT2D eigenvalue weighted by molar-refractivity contribution is 9.10. The quantitative estimate of drug-likeness (QED) is 0.886. The van der Waals surface area contributed by atoms with Crippen LogP contribution in [0.3, 0.4) is 0 Å². The lowest BCUT2D eigenvalue weighted by molar-refractivity contribution is 0.0945. The zero-order valence-corrected chi connectivity index (χ0v) is 10.4. The number of aromatic nitrogens is 2. The van der Waals surface area contributed by atoms with Crippen LogP contribution in [0.5, 0.6) is 0 Å². The first-order valence-electron chi connectivity index (χ1n) is 5.14. The Balaban J connectivity index is 2.16. The maximum Gasteiger partial charge on any atom is 0.273 e. The van der Waals surface area contributed by atoms with Gasteiger partial charge in [0.2, 0.25) is 0 Å². The van der Waals surface area contributed by atoms with Crippen LogP contribution in [0.4, 0.5) is 0 Å². The van der Waals surface area contributed by atoms with Gasteiger partial charge in [-0.15, -0.1) is 0 Å². The van der Waals surface area contributed by atoms with Gasteiger partial charge in [0, 0.05) is 6.04 Å². The van der Waals surface area contributed by atoms with Crippen molar-refractivity contribution in [3.05, 3.63) is 15.9 Å². The lowest BCUT2D eigenvalue weighted by Gasteiger charge is -2.02. The Morgan fingerprint density at radius 1 is 1.60 bits per heavy atom. The molecule has 2 rings (SSSR count). The van der Waals surface area contributed by atoms with E-state index >= 15 is 0 Å². The minimum atomic E-state index is -0.0903. The van der Waals surface area contributed by atoms with Gasteiger partial charge < -0.3 is 5.32 Å². The molecule has 2 N–H and O–H groups in total. The van der Waals surface area contributed by atoms with Crippen molar-refractivity contribution in [2.75, 3.05) is 0 Å². The van der Waals surface area contributed by atoms with E-state index in [4.69, 9.17) is 0 Å². The van der Waals surface area contributed by atoms with E-state index in [0.29, 0.717) is 17.7 Å². The molecule has 1 fully saturated rings. The van der Waals surface area contributed by atoms with Crippen LogP contribution in [0.25, 0.3) is 0 Å². The second kappa shape index (κ2) is 3.96. The van der Waals surface area contributed by atoms with E-state index in [-0.39, 0.29) is 5.91 Å². The number of carbonyl (C=O) groups excluding carboxylic acids is 1. The molecular formula is C10H14BrN3O. The summed E-state index contributed by atoms with van der Waals surface area (Å²) in [6, 6.07) is 0.364. The van der Waals surface area contributed by atoms with Crippen LogP contribution < -0.4 is 5.32 Å². The number of amides is 1. The fourth-order valence-corrected chi connectivity index (χ4v) is 2.17. The summed E-state index contributed by atoms with van der Waals surface area (Å²) in [5.41, 5.74) is 1.43. The van der Waals surface area contributed by atoms with Gasteiger partial charge in [-0.1, -0.05) is 13.8 Å². The average Bonchev–Trinajstić information content (AvgIpc) is 2.86. The Kier molecular flexibility index (Phi) is 2.82. The number of rotatable bonds is 3. The second-order valence-electron chi connectivity index (χ2n) is 4.20. The van der Waals surface area contributed by atoms with Gasteiger partial charge >= 0.3 is 0 Å². The third kappa shape index (κ3) is 2.22. The Hall–Kier alpha value is -0.840. The van der Waals surface area contributed by atoms with Gasteiger partial charge in [0.15, 0.2) is 5.69 Å². The average molecular weight is 272 g/mol. The first kappa shape index (κ1) is 10.7. The van der Waals surface area contributed by atoms with E-state index in [9.17, 15) is 4.79 Å². The third-order valence-electron chi connectivity index (χ3n) is 2.44. The van der Waals surface area contributed by atoms with Crippen LogP contribution in [0.15, 0.2) is 4.47 Å². The van der Waals surface area contributed by atoms with E-state index in [1.807, 2.05) is 0 Å². The molecule has 1 amide bonds. The van der Waals surface area contributed by atoms with Crippen molar-refractivity contribution in [3.8, 4) is 0 Å². The Morgan fingerprint density at radius 2 is 2.27 bits per heavy atom. The summed E-state index contributed by atoms with van der Waals surface area (Å²) in [6.07, 6.45) is 2.18. The second-order valence-corrected chi connectivity index (χ2v) is 5.00. The Morgan fingerprint density at radius 3 is 2.73 bits per heavy atom. The molecule has 0 radical (unpaired) electrons. The maximum absolute atomic E-state index is 11.7. The van der Waals surface area contributed by atoms with Crippen LogP contribution in [0.2, 0.25) is 0 Å². The smallest absolute Gasteiger partial charge is 0.273 e. The van der Waals surface area contributed by atoms with Crippen molar-refractivity contribution in [2.45, 2.75) is 38.6 Å². The predicted molar refractivity (Wildman–Crippen MR) is 60.9 cm³/mol. The number of carbonyl (C=O) groups is 1. The van der Waals surface area contributed by atoms with E-state index < -0.39 is 0 Å². The van der Waals surface area contributed by atoms with Crippen LogP contribution in [-0.4, -0.2) is 22.1 Å². The van der Waals surface area contributed by atoms with Crippen molar-refractivity contribution in [2.24, 2.45) is 0 Å². The van der Waals surface area contributed by atoms with Crippen molar-refractivity contribution in [1.29, 1.82) is 0 Å². The standard InChI is InChI=1S/C10H14BrN3O/c1-5(2)8-7(11)9(14-13-8)10(15)12-6-3-4-6/h5-6H,3-4H2,1-2H3,(H,12,15)(H,13,14). The van der Waals surface area contributed by atoms with Crippen molar-refractivity contribution < 1.29 is 4.79 Å². The molecule has 1 aliphatic carbocycles. The SMILES string of the molecule is CC(C)c1[nH]nc(C(=O)NC2CC2)c1Br.